The molecular formula is C48H44BN3. The molecule has 9 rings (SSSR count). The van der Waals surface area contributed by atoms with E-state index < -0.39 is 0 Å². The lowest BCUT2D eigenvalue weighted by Crippen LogP contribution is -2.56. The Morgan fingerprint density at radius 1 is 0.500 bits per heavy atom. The van der Waals surface area contributed by atoms with Crippen LogP contribution in [0.1, 0.15) is 47.6 Å². The molecule has 0 spiro atoms. The summed E-state index contributed by atoms with van der Waals surface area (Å²) in [7, 11) is 0. The van der Waals surface area contributed by atoms with Crippen LogP contribution in [0.15, 0.2) is 150 Å². The number of benzene rings is 6. The van der Waals surface area contributed by atoms with E-state index in [2.05, 4.69) is 190 Å². The SMILES string of the molecule is CC1=CCC2=C(C1)B1c3cc(C)ccc3N(c3cccc(C)c3)c3cc(N(c4cccc(C)c4)c4cccc(C)c4)cc(c31)N2c1cccc(C)c1. The minimum atomic E-state index is 0.154. The molecule has 1 aliphatic carbocycles. The molecule has 0 aromatic heterocycles. The van der Waals surface area contributed by atoms with E-state index in [0.717, 1.165) is 29.9 Å². The standard InChI is InChI=1S/C48H44BN3/c1-31-11-7-15-37(23-31)50(38-16-8-12-32(2)24-38)41-29-46-48-47(30-41)52(40-18-10-14-34(4)26-40)45-22-20-36(6)28-43(45)49(48)42-27-35(5)19-21-44(42)51(46)39-17-9-13-33(3)25-39/h7-21,23-27,29-30H,22,28H2,1-6H3. The molecule has 6 aromatic carbocycles. The van der Waals surface area contributed by atoms with Gasteiger partial charge in [-0.3, -0.25) is 0 Å². The van der Waals surface area contributed by atoms with Crippen LogP contribution >= 0.6 is 0 Å². The normalized spacial score (nSPS) is 14.5. The van der Waals surface area contributed by atoms with Gasteiger partial charge in [0.2, 0.25) is 6.71 Å². The van der Waals surface area contributed by atoms with E-state index in [9.17, 15) is 0 Å². The van der Waals surface area contributed by atoms with Gasteiger partial charge in [-0.15, -0.1) is 0 Å². The summed E-state index contributed by atoms with van der Waals surface area (Å²) in [5, 5.41) is 0. The maximum Gasteiger partial charge on any atom is 0.247 e. The molecule has 4 heteroatoms. The number of hydrogen-bond acceptors (Lipinski definition) is 3. The first kappa shape index (κ1) is 32.2. The van der Waals surface area contributed by atoms with Gasteiger partial charge in [0.25, 0.3) is 0 Å². The van der Waals surface area contributed by atoms with Crippen molar-refractivity contribution in [2.75, 3.05) is 14.7 Å². The van der Waals surface area contributed by atoms with Crippen LogP contribution in [0.4, 0.5) is 45.5 Å². The van der Waals surface area contributed by atoms with Crippen molar-refractivity contribution in [3.63, 3.8) is 0 Å². The minimum Gasteiger partial charge on any atom is -0.315 e. The van der Waals surface area contributed by atoms with Gasteiger partial charge >= 0.3 is 0 Å². The summed E-state index contributed by atoms with van der Waals surface area (Å²) in [5.41, 5.74) is 23.0. The zero-order chi connectivity index (χ0) is 35.7. The lowest BCUT2D eigenvalue weighted by molar-refractivity contribution is 0.964. The fourth-order valence-electron chi connectivity index (χ4n) is 8.77. The van der Waals surface area contributed by atoms with Crippen molar-refractivity contribution in [1.29, 1.82) is 0 Å². The molecule has 0 atom stereocenters. The van der Waals surface area contributed by atoms with Gasteiger partial charge < -0.3 is 14.7 Å². The Kier molecular flexibility index (Phi) is 7.73. The Balaban J connectivity index is 1.42. The third kappa shape index (κ3) is 5.37. The van der Waals surface area contributed by atoms with E-state index in [1.807, 2.05) is 0 Å². The van der Waals surface area contributed by atoms with Crippen LogP contribution in [0, 0.1) is 34.6 Å². The molecule has 3 aliphatic rings. The molecule has 3 nitrogen and oxygen atoms in total. The van der Waals surface area contributed by atoms with E-state index in [1.54, 1.807) is 0 Å². The fourth-order valence-corrected chi connectivity index (χ4v) is 8.77. The quantitative estimate of drug-likeness (QED) is 0.133. The number of hydrogen-bond donors (Lipinski definition) is 0. The topological polar surface area (TPSA) is 9.72 Å². The van der Waals surface area contributed by atoms with Crippen LogP contribution in [0.25, 0.3) is 0 Å². The molecule has 0 saturated heterocycles. The molecule has 0 N–H and O–H groups in total. The van der Waals surface area contributed by atoms with Gasteiger partial charge in [-0.2, -0.15) is 0 Å². The van der Waals surface area contributed by atoms with Gasteiger partial charge in [0.1, 0.15) is 0 Å². The smallest absolute Gasteiger partial charge is 0.247 e. The molecule has 6 aromatic rings. The number of anilines is 8. The molecule has 52 heavy (non-hydrogen) atoms. The van der Waals surface area contributed by atoms with Gasteiger partial charge in [-0.25, -0.2) is 0 Å². The largest absolute Gasteiger partial charge is 0.315 e. The zero-order valence-electron chi connectivity index (χ0n) is 31.0. The van der Waals surface area contributed by atoms with E-state index in [1.165, 1.54) is 83.9 Å². The van der Waals surface area contributed by atoms with Crippen molar-refractivity contribution < 1.29 is 0 Å². The van der Waals surface area contributed by atoms with Crippen molar-refractivity contribution in [2.45, 2.75) is 54.4 Å². The van der Waals surface area contributed by atoms with Gasteiger partial charge in [0.15, 0.2) is 0 Å². The van der Waals surface area contributed by atoms with E-state index in [0.29, 0.717) is 0 Å². The summed E-state index contributed by atoms with van der Waals surface area (Å²) < 4.78 is 0. The molecule has 0 fully saturated rings. The predicted octanol–water partition coefficient (Wildman–Crippen LogP) is 11.8. The van der Waals surface area contributed by atoms with Crippen molar-refractivity contribution in [3.8, 4) is 0 Å². The van der Waals surface area contributed by atoms with E-state index >= 15 is 0 Å². The monoisotopic (exact) mass is 673 g/mol. The Bertz CT molecular complexity index is 2430. The predicted molar refractivity (Wildman–Crippen MR) is 223 cm³/mol. The number of nitrogens with zero attached hydrogens (tertiary/aromatic N) is 3. The van der Waals surface area contributed by atoms with Crippen molar-refractivity contribution in [2.24, 2.45) is 0 Å². The minimum absolute atomic E-state index is 0.154. The summed E-state index contributed by atoms with van der Waals surface area (Å²) in [6.07, 6.45) is 4.33. The van der Waals surface area contributed by atoms with Crippen LogP contribution in [-0.4, -0.2) is 6.71 Å². The molecule has 2 aliphatic heterocycles. The Morgan fingerprint density at radius 3 is 1.63 bits per heavy atom. The molecule has 254 valence electrons. The van der Waals surface area contributed by atoms with Crippen molar-refractivity contribution in [3.05, 3.63) is 178 Å². The average Bonchev–Trinajstić information content (AvgIpc) is 3.12. The molecule has 0 amide bonds. The second kappa shape index (κ2) is 12.5. The van der Waals surface area contributed by atoms with Crippen molar-refractivity contribution in [1.82, 2.24) is 0 Å². The first-order chi connectivity index (χ1) is 25.2. The highest BCUT2D eigenvalue weighted by Gasteiger charge is 2.45. The van der Waals surface area contributed by atoms with E-state index in [4.69, 9.17) is 0 Å². The van der Waals surface area contributed by atoms with Gasteiger partial charge in [-0.05, 0) is 148 Å². The Hall–Kier alpha value is -5.74. The summed E-state index contributed by atoms with van der Waals surface area (Å²) in [4.78, 5) is 7.59. The molecule has 0 saturated carbocycles. The van der Waals surface area contributed by atoms with Gasteiger partial charge in [0.05, 0.1) is 5.69 Å². The number of allylic oxidation sites excluding steroid dienone is 3. The number of aryl methyl sites for hydroxylation is 5. The molecule has 0 unspecified atom stereocenters. The summed E-state index contributed by atoms with van der Waals surface area (Å²) >= 11 is 0. The second-order valence-electron chi connectivity index (χ2n) is 15.2. The second-order valence-corrected chi connectivity index (χ2v) is 15.2. The van der Waals surface area contributed by atoms with Gasteiger partial charge in [-0.1, -0.05) is 83.3 Å². The number of fused-ring (bicyclic) bond motifs is 3. The van der Waals surface area contributed by atoms with Crippen LogP contribution in [-0.2, 0) is 0 Å². The van der Waals surface area contributed by atoms with Crippen LogP contribution in [0.3, 0.4) is 0 Å². The molecular weight excluding hydrogens is 629 g/mol. The molecule has 0 radical (unpaired) electrons. The van der Waals surface area contributed by atoms with Crippen molar-refractivity contribution >= 4 is 63.1 Å². The van der Waals surface area contributed by atoms with E-state index in [-0.39, 0.29) is 6.71 Å². The number of rotatable bonds is 5. The van der Waals surface area contributed by atoms with Crippen LogP contribution < -0.4 is 25.6 Å². The lowest BCUT2D eigenvalue weighted by atomic mass is 9.32. The Morgan fingerprint density at radius 2 is 1.04 bits per heavy atom. The van der Waals surface area contributed by atoms with Crippen LogP contribution in [0.5, 0.6) is 0 Å². The summed E-state index contributed by atoms with van der Waals surface area (Å²) in [6.45, 7) is 13.5. The fraction of sp³-hybridized carbons (Fsp3) is 0.167. The highest BCUT2D eigenvalue weighted by molar-refractivity contribution is 6.95. The third-order valence-corrected chi connectivity index (χ3v) is 11.0. The summed E-state index contributed by atoms with van der Waals surface area (Å²) in [5.74, 6) is 0. The average molecular weight is 674 g/mol. The first-order valence-electron chi connectivity index (χ1n) is 18.6. The highest BCUT2D eigenvalue weighted by atomic mass is 15.2. The maximum atomic E-state index is 2.60. The first-order valence-corrected chi connectivity index (χ1v) is 18.6. The third-order valence-electron chi connectivity index (χ3n) is 11.0. The van der Waals surface area contributed by atoms with Gasteiger partial charge in [0, 0.05) is 51.9 Å². The molecule has 0 bridgehead atoms. The lowest BCUT2D eigenvalue weighted by Gasteiger charge is -2.47. The highest BCUT2D eigenvalue weighted by Crippen LogP contribution is 2.50. The molecule has 2 heterocycles. The Labute approximate surface area is 309 Å². The van der Waals surface area contributed by atoms with Crippen LogP contribution in [0.2, 0.25) is 0 Å². The summed E-state index contributed by atoms with van der Waals surface area (Å²) in [6, 6.07) is 47.9. The maximum absolute atomic E-state index is 2.60. The zero-order valence-corrected chi connectivity index (χ0v) is 31.0.